The average Bonchev–Trinajstić information content (AvgIpc) is 2.84. The van der Waals surface area contributed by atoms with Crippen molar-refractivity contribution >= 4 is 18.2 Å². The first kappa shape index (κ1) is 28.7. The lowest BCUT2D eigenvalue weighted by atomic mass is 9.84. The van der Waals surface area contributed by atoms with Crippen LogP contribution >= 0.6 is 0 Å². The first-order valence-electron chi connectivity index (χ1n) is 12.5. The van der Waals surface area contributed by atoms with Gasteiger partial charge in [0.05, 0.1) is 25.2 Å². The summed E-state index contributed by atoms with van der Waals surface area (Å²) in [5, 5.41) is 16.4. The number of amides is 3. The molecular weight excluding hydrogens is 448 g/mol. The Morgan fingerprint density at radius 2 is 1.83 bits per heavy atom. The van der Waals surface area contributed by atoms with Gasteiger partial charge in [-0.05, 0) is 37.2 Å². The van der Waals surface area contributed by atoms with E-state index >= 15 is 0 Å². The van der Waals surface area contributed by atoms with Crippen molar-refractivity contribution in [1.29, 1.82) is 0 Å². The van der Waals surface area contributed by atoms with Gasteiger partial charge in [0.15, 0.2) is 0 Å². The van der Waals surface area contributed by atoms with E-state index in [-0.39, 0.29) is 11.8 Å². The van der Waals surface area contributed by atoms with Crippen molar-refractivity contribution in [2.45, 2.75) is 59.0 Å². The second-order valence-corrected chi connectivity index (χ2v) is 10.3. The van der Waals surface area contributed by atoms with E-state index in [1.165, 1.54) is 0 Å². The number of morpholine rings is 1. The normalized spacial score (nSPS) is 17.2. The van der Waals surface area contributed by atoms with Gasteiger partial charge in [-0.25, -0.2) is 5.06 Å². The third-order valence-electron chi connectivity index (χ3n) is 6.51. The minimum absolute atomic E-state index is 0.244. The number of carbonyl (C=O) groups excluding carboxylic acids is 3. The Hall–Kier alpha value is -2.49. The van der Waals surface area contributed by atoms with Gasteiger partial charge in [-0.2, -0.15) is 0 Å². The molecule has 3 atom stereocenters. The Bertz CT molecular complexity index is 793. The van der Waals surface area contributed by atoms with E-state index in [9.17, 15) is 19.6 Å². The summed E-state index contributed by atoms with van der Waals surface area (Å²) in [5.41, 5.74) is 0.628. The molecule has 2 rings (SSSR count). The number of benzene rings is 1. The lowest BCUT2D eigenvalue weighted by molar-refractivity contribution is -0.166. The third-order valence-corrected chi connectivity index (χ3v) is 6.51. The molecule has 3 amide bonds. The molecule has 0 unspecified atom stereocenters. The van der Waals surface area contributed by atoms with Crippen molar-refractivity contribution in [2.75, 3.05) is 39.4 Å². The number of hydrogen-bond acceptors (Lipinski definition) is 6. The summed E-state index contributed by atoms with van der Waals surface area (Å²) in [6, 6.07) is 8.46. The van der Waals surface area contributed by atoms with Gasteiger partial charge in [-0.3, -0.25) is 24.5 Å². The van der Waals surface area contributed by atoms with Crippen LogP contribution in [-0.2, 0) is 25.5 Å². The Labute approximate surface area is 209 Å². The molecule has 35 heavy (non-hydrogen) atoms. The van der Waals surface area contributed by atoms with Gasteiger partial charge in [0.25, 0.3) is 0 Å². The summed E-state index contributed by atoms with van der Waals surface area (Å²) in [4.78, 5) is 39.8. The molecule has 0 aromatic heterocycles. The fourth-order valence-corrected chi connectivity index (χ4v) is 4.23. The van der Waals surface area contributed by atoms with Crippen molar-refractivity contribution in [3.8, 4) is 0 Å². The van der Waals surface area contributed by atoms with Crippen LogP contribution in [0.4, 0.5) is 0 Å². The summed E-state index contributed by atoms with van der Waals surface area (Å²) < 4.78 is 5.35. The fraction of sp³-hybridized carbons (Fsp3) is 0.654. The average molecular weight is 491 g/mol. The van der Waals surface area contributed by atoms with Crippen LogP contribution in [0.3, 0.4) is 0 Å². The highest BCUT2D eigenvalue weighted by Crippen LogP contribution is 2.23. The van der Waals surface area contributed by atoms with E-state index in [1.54, 1.807) is 6.92 Å². The zero-order valence-electron chi connectivity index (χ0n) is 21.5. The molecule has 1 aliphatic heterocycles. The Kier molecular flexibility index (Phi) is 11.6. The summed E-state index contributed by atoms with van der Waals surface area (Å²) in [7, 11) is 0. The van der Waals surface area contributed by atoms with Crippen LogP contribution in [-0.4, -0.2) is 84.9 Å². The zero-order valence-corrected chi connectivity index (χ0v) is 21.5. The molecule has 1 heterocycles. The highest BCUT2D eigenvalue weighted by molar-refractivity contribution is 5.89. The number of ether oxygens (including phenoxy) is 1. The maximum Gasteiger partial charge on any atom is 0.243 e. The van der Waals surface area contributed by atoms with E-state index in [1.807, 2.05) is 51.1 Å². The number of carbonyl (C=O) groups is 3. The Morgan fingerprint density at radius 3 is 2.43 bits per heavy atom. The van der Waals surface area contributed by atoms with Crippen molar-refractivity contribution in [2.24, 2.45) is 11.3 Å². The Morgan fingerprint density at radius 1 is 1.17 bits per heavy atom. The number of nitrogens with one attached hydrogen (secondary N) is 2. The first-order valence-corrected chi connectivity index (χ1v) is 12.5. The van der Waals surface area contributed by atoms with Crippen LogP contribution in [0, 0.1) is 11.3 Å². The van der Waals surface area contributed by atoms with Crippen molar-refractivity contribution in [3.05, 3.63) is 35.9 Å². The Balaban J connectivity index is 2.01. The molecule has 9 heteroatoms. The summed E-state index contributed by atoms with van der Waals surface area (Å²) in [6.45, 7) is 11.6. The van der Waals surface area contributed by atoms with E-state index in [0.29, 0.717) is 44.1 Å². The molecule has 0 bridgehead atoms. The van der Waals surface area contributed by atoms with Crippen LogP contribution in [0.5, 0.6) is 0 Å². The first-order chi connectivity index (χ1) is 16.6. The molecule has 0 aliphatic carbocycles. The highest BCUT2D eigenvalue weighted by Gasteiger charge is 2.36. The molecule has 9 nitrogen and oxygen atoms in total. The molecule has 1 fully saturated rings. The molecule has 1 aromatic rings. The van der Waals surface area contributed by atoms with Crippen molar-refractivity contribution < 1.29 is 24.3 Å². The smallest absolute Gasteiger partial charge is 0.243 e. The van der Waals surface area contributed by atoms with Gasteiger partial charge in [-0.1, -0.05) is 51.1 Å². The SMILES string of the molecule is C[C@@H]([C@@H](CCCc1ccccc1)C(=O)N[C@H](C(=O)NCCN1CCOCC1)C(C)(C)C)N(O)C=O. The van der Waals surface area contributed by atoms with Gasteiger partial charge >= 0.3 is 0 Å². The highest BCUT2D eigenvalue weighted by atomic mass is 16.5. The quantitative estimate of drug-likeness (QED) is 0.221. The van der Waals surface area contributed by atoms with Crippen LogP contribution in [0.1, 0.15) is 46.1 Å². The molecule has 0 saturated carbocycles. The molecule has 0 spiro atoms. The van der Waals surface area contributed by atoms with Crippen LogP contribution in [0.15, 0.2) is 30.3 Å². The zero-order chi connectivity index (χ0) is 25.8. The maximum atomic E-state index is 13.4. The number of nitrogens with zero attached hydrogens (tertiary/aromatic N) is 2. The number of hydroxylamine groups is 2. The van der Waals surface area contributed by atoms with Crippen LogP contribution in [0.25, 0.3) is 0 Å². The largest absolute Gasteiger partial charge is 0.379 e. The summed E-state index contributed by atoms with van der Waals surface area (Å²) in [6.07, 6.45) is 2.24. The van der Waals surface area contributed by atoms with Crippen molar-refractivity contribution in [3.63, 3.8) is 0 Å². The monoisotopic (exact) mass is 490 g/mol. The van der Waals surface area contributed by atoms with E-state index in [2.05, 4.69) is 15.5 Å². The predicted molar refractivity (Wildman–Crippen MR) is 134 cm³/mol. The van der Waals surface area contributed by atoms with E-state index in [0.717, 1.165) is 31.6 Å². The summed E-state index contributed by atoms with van der Waals surface area (Å²) >= 11 is 0. The summed E-state index contributed by atoms with van der Waals surface area (Å²) in [5.74, 6) is -1.26. The molecule has 1 aromatic carbocycles. The second-order valence-electron chi connectivity index (χ2n) is 10.3. The van der Waals surface area contributed by atoms with Gasteiger partial charge < -0.3 is 15.4 Å². The van der Waals surface area contributed by atoms with E-state index in [4.69, 9.17) is 4.74 Å². The third kappa shape index (κ3) is 9.58. The standard InChI is InChI=1S/C26H42N4O5/c1-20(30(34)19-31)22(12-8-11-21-9-6-5-7-10-21)24(32)28-23(26(2,3)4)25(33)27-13-14-29-15-17-35-18-16-29/h5-7,9-10,19-20,22-23,34H,8,11-18H2,1-4H3,(H,27,33)(H,28,32)/t20-,22+,23+/m0/s1. The molecule has 3 N–H and O–H groups in total. The second kappa shape index (κ2) is 14.2. The molecule has 0 radical (unpaired) electrons. The molecular formula is C26H42N4O5. The van der Waals surface area contributed by atoms with Crippen molar-refractivity contribution in [1.82, 2.24) is 20.6 Å². The number of aryl methyl sites for hydroxylation is 1. The number of rotatable bonds is 13. The van der Waals surface area contributed by atoms with Gasteiger partial charge in [-0.15, -0.1) is 0 Å². The van der Waals surface area contributed by atoms with Gasteiger partial charge in [0.2, 0.25) is 18.2 Å². The lowest BCUT2D eigenvalue weighted by Crippen LogP contribution is -2.57. The van der Waals surface area contributed by atoms with E-state index < -0.39 is 23.4 Å². The fourth-order valence-electron chi connectivity index (χ4n) is 4.23. The maximum absolute atomic E-state index is 13.4. The lowest BCUT2D eigenvalue weighted by Gasteiger charge is -2.34. The predicted octanol–water partition coefficient (Wildman–Crippen LogP) is 1.84. The minimum atomic E-state index is -0.758. The van der Waals surface area contributed by atoms with Gasteiger partial charge in [0.1, 0.15) is 6.04 Å². The molecule has 1 aliphatic rings. The molecule has 1 saturated heterocycles. The van der Waals surface area contributed by atoms with Crippen LogP contribution in [0.2, 0.25) is 0 Å². The molecule has 196 valence electrons. The van der Waals surface area contributed by atoms with Gasteiger partial charge in [0, 0.05) is 26.2 Å². The topological polar surface area (TPSA) is 111 Å². The number of hydrogen-bond donors (Lipinski definition) is 3. The minimum Gasteiger partial charge on any atom is -0.379 e. The van der Waals surface area contributed by atoms with Crippen LogP contribution < -0.4 is 10.6 Å².